The van der Waals surface area contributed by atoms with Gasteiger partial charge in [0, 0.05) is 36.7 Å². The third-order valence-corrected chi connectivity index (χ3v) is 6.29. The summed E-state index contributed by atoms with van der Waals surface area (Å²) >= 11 is 0. The Labute approximate surface area is 190 Å². The minimum Gasteiger partial charge on any atom is -0.265 e. The second-order valence-corrected chi connectivity index (χ2v) is 8.60. The van der Waals surface area contributed by atoms with Crippen molar-refractivity contribution in [2.75, 3.05) is 0 Å². The largest absolute Gasteiger partial charge is 0.265 e. The minimum absolute atomic E-state index is 0.953. The van der Waals surface area contributed by atoms with Crippen molar-refractivity contribution in [1.82, 2.24) is 0 Å². The Bertz CT molecular complexity index is 1110. The third kappa shape index (κ3) is 5.03. The first-order valence-corrected chi connectivity index (χ1v) is 11.5. The van der Waals surface area contributed by atoms with Gasteiger partial charge in [0.25, 0.3) is 0 Å². The van der Waals surface area contributed by atoms with Crippen molar-refractivity contribution < 1.29 is 0 Å². The summed E-state index contributed by atoms with van der Waals surface area (Å²) in [5, 5.41) is 0. The molecule has 0 unspecified atom stereocenters. The fourth-order valence-electron chi connectivity index (χ4n) is 4.41. The number of aryl methyl sites for hydroxylation is 2. The highest BCUT2D eigenvalue weighted by Crippen LogP contribution is 2.30. The molecule has 158 valence electrons. The minimum atomic E-state index is 0.953. The van der Waals surface area contributed by atoms with Gasteiger partial charge in [-0.05, 0) is 65.1 Å². The van der Waals surface area contributed by atoms with E-state index in [-0.39, 0.29) is 0 Å². The van der Waals surface area contributed by atoms with E-state index in [4.69, 9.17) is 9.98 Å². The molecule has 0 spiro atoms. The summed E-state index contributed by atoms with van der Waals surface area (Å²) in [5.74, 6) is 0. The summed E-state index contributed by atoms with van der Waals surface area (Å²) in [4.78, 5) is 9.44. The summed E-state index contributed by atoms with van der Waals surface area (Å²) in [6.07, 6.45) is 10.2. The Morgan fingerprint density at radius 3 is 1.44 bits per heavy atom. The summed E-state index contributed by atoms with van der Waals surface area (Å²) in [6.45, 7) is 0. The lowest BCUT2D eigenvalue weighted by Gasteiger charge is -2.09. The Kier molecular flexibility index (Phi) is 6.20. The van der Waals surface area contributed by atoms with Crippen LogP contribution in [0, 0.1) is 0 Å². The molecule has 2 heteroatoms. The topological polar surface area (TPSA) is 24.7 Å². The number of rotatable bonds is 8. The molecule has 3 aromatic rings. The molecule has 0 aromatic heterocycles. The Hall–Kier alpha value is -3.52. The molecule has 5 rings (SSSR count). The van der Waals surface area contributed by atoms with Crippen LogP contribution in [0.25, 0.3) is 11.1 Å². The van der Waals surface area contributed by atoms with Crippen molar-refractivity contribution in [1.29, 1.82) is 0 Å². The van der Waals surface area contributed by atoms with Crippen LogP contribution in [0.5, 0.6) is 0 Å². The highest BCUT2D eigenvalue weighted by Gasteiger charge is 2.16. The lowest BCUT2D eigenvalue weighted by atomic mass is 9.94. The molecule has 2 heterocycles. The van der Waals surface area contributed by atoms with Crippen LogP contribution in [0.4, 0.5) is 0 Å². The highest BCUT2D eigenvalue weighted by molar-refractivity contribution is 6.00. The Balaban J connectivity index is 1.15. The van der Waals surface area contributed by atoms with Crippen LogP contribution in [-0.2, 0) is 12.8 Å². The fraction of sp³-hybridized carbons (Fsp3) is 0.200. The first-order valence-electron chi connectivity index (χ1n) is 11.5. The molecule has 2 aliphatic rings. The van der Waals surface area contributed by atoms with Crippen LogP contribution >= 0.6 is 0 Å². The molecule has 32 heavy (non-hydrogen) atoms. The van der Waals surface area contributed by atoms with E-state index in [1.54, 1.807) is 0 Å². The molecule has 0 saturated carbocycles. The molecule has 3 aromatic carbocycles. The van der Waals surface area contributed by atoms with Crippen LogP contribution in [0.15, 0.2) is 107 Å². The van der Waals surface area contributed by atoms with Crippen molar-refractivity contribution in [3.63, 3.8) is 0 Å². The normalized spacial score (nSPS) is 15.2. The maximum absolute atomic E-state index is 4.72. The smallest absolute Gasteiger partial charge is 0.0309 e. The summed E-state index contributed by atoms with van der Waals surface area (Å²) in [7, 11) is 0. The SMILES string of the molecule is C1=C(c2cccc(C3=CN=C(CCc4ccccc4)C3)c2)CC(CCc2ccccc2)=N1. The van der Waals surface area contributed by atoms with E-state index in [0.29, 0.717) is 0 Å². The van der Waals surface area contributed by atoms with Crippen LogP contribution in [-0.4, -0.2) is 11.4 Å². The number of aliphatic imine (C=N–C) groups is 2. The molecule has 2 nitrogen and oxygen atoms in total. The molecule has 0 amide bonds. The van der Waals surface area contributed by atoms with E-state index in [1.807, 2.05) is 0 Å². The number of nitrogens with zero attached hydrogens (tertiary/aromatic N) is 2. The van der Waals surface area contributed by atoms with E-state index in [9.17, 15) is 0 Å². The monoisotopic (exact) mass is 416 g/mol. The maximum Gasteiger partial charge on any atom is 0.0309 e. The van der Waals surface area contributed by atoms with Crippen molar-refractivity contribution in [2.45, 2.75) is 38.5 Å². The number of hydrogen-bond donors (Lipinski definition) is 0. The van der Waals surface area contributed by atoms with Gasteiger partial charge in [0.05, 0.1) is 0 Å². The van der Waals surface area contributed by atoms with Gasteiger partial charge in [-0.1, -0.05) is 78.9 Å². The van der Waals surface area contributed by atoms with Gasteiger partial charge in [0.1, 0.15) is 0 Å². The van der Waals surface area contributed by atoms with E-state index in [1.165, 1.54) is 44.8 Å². The maximum atomic E-state index is 4.72. The van der Waals surface area contributed by atoms with Gasteiger partial charge in [0.15, 0.2) is 0 Å². The van der Waals surface area contributed by atoms with E-state index < -0.39 is 0 Å². The quantitative estimate of drug-likeness (QED) is 0.367. The van der Waals surface area contributed by atoms with Crippen molar-refractivity contribution in [2.24, 2.45) is 9.98 Å². The molecule has 0 radical (unpaired) electrons. The lowest BCUT2D eigenvalue weighted by molar-refractivity contribution is 1.03. The Morgan fingerprint density at radius 1 is 0.500 bits per heavy atom. The summed E-state index contributed by atoms with van der Waals surface area (Å²) in [6, 6.07) is 30.2. The zero-order valence-corrected chi connectivity index (χ0v) is 18.4. The first kappa shape index (κ1) is 20.4. The average Bonchev–Trinajstić information content (AvgIpc) is 3.53. The van der Waals surface area contributed by atoms with Crippen LogP contribution < -0.4 is 0 Å². The second-order valence-electron chi connectivity index (χ2n) is 8.60. The van der Waals surface area contributed by atoms with E-state index in [2.05, 4.69) is 97.3 Å². The molecule has 0 N–H and O–H groups in total. The zero-order chi connectivity index (χ0) is 21.6. The third-order valence-electron chi connectivity index (χ3n) is 6.29. The Morgan fingerprint density at radius 2 is 0.969 bits per heavy atom. The van der Waals surface area contributed by atoms with Gasteiger partial charge >= 0.3 is 0 Å². The van der Waals surface area contributed by atoms with Gasteiger partial charge in [-0.15, -0.1) is 0 Å². The van der Waals surface area contributed by atoms with Crippen molar-refractivity contribution in [3.05, 3.63) is 120 Å². The molecule has 0 aliphatic carbocycles. The van der Waals surface area contributed by atoms with Crippen molar-refractivity contribution >= 4 is 22.6 Å². The van der Waals surface area contributed by atoms with Crippen molar-refractivity contribution in [3.8, 4) is 0 Å². The van der Waals surface area contributed by atoms with Gasteiger partial charge < -0.3 is 0 Å². The van der Waals surface area contributed by atoms with Gasteiger partial charge in [-0.2, -0.15) is 0 Å². The lowest BCUT2D eigenvalue weighted by Crippen LogP contribution is -1.99. The van der Waals surface area contributed by atoms with Gasteiger partial charge in [0.2, 0.25) is 0 Å². The second kappa shape index (κ2) is 9.74. The first-order chi connectivity index (χ1) is 15.8. The average molecular weight is 417 g/mol. The van der Waals surface area contributed by atoms with Crippen LogP contribution in [0.1, 0.15) is 47.9 Å². The van der Waals surface area contributed by atoms with Gasteiger partial charge in [-0.3, -0.25) is 9.98 Å². The molecular formula is C30H28N2. The molecule has 0 bridgehead atoms. The van der Waals surface area contributed by atoms with Crippen LogP contribution in [0.2, 0.25) is 0 Å². The molecular weight excluding hydrogens is 388 g/mol. The molecule has 0 saturated heterocycles. The predicted molar refractivity (Wildman–Crippen MR) is 136 cm³/mol. The number of benzene rings is 3. The number of allylic oxidation sites excluding steroid dienone is 2. The zero-order valence-electron chi connectivity index (χ0n) is 18.4. The molecule has 0 atom stereocenters. The predicted octanol–water partition coefficient (Wildman–Crippen LogP) is 7.32. The summed E-state index contributed by atoms with van der Waals surface area (Å²) in [5.41, 5.74) is 10.5. The molecule has 2 aliphatic heterocycles. The van der Waals surface area contributed by atoms with Crippen LogP contribution in [0.3, 0.4) is 0 Å². The standard InChI is InChI=1S/C30H28N2/c1-3-8-23(9-4-1)14-16-29-19-27(21-31-29)25-12-7-13-26(18-25)28-20-30(32-22-28)17-15-24-10-5-2-6-11-24/h1-13,18,21-22H,14-17,19-20H2. The molecule has 0 fully saturated rings. The van der Waals surface area contributed by atoms with E-state index >= 15 is 0 Å². The highest BCUT2D eigenvalue weighted by atomic mass is 14.7. The fourth-order valence-corrected chi connectivity index (χ4v) is 4.41. The van der Waals surface area contributed by atoms with E-state index in [0.717, 1.165) is 38.5 Å². The number of hydrogen-bond acceptors (Lipinski definition) is 2. The summed E-state index contributed by atoms with van der Waals surface area (Å²) < 4.78 is 0. The van der Waals surface area contributed by atoms with Gasteiger partial charge in [-0.25, -0.2) is 0 Å².